The molecule has 0 aromatic carbocycles. The third-order valence-electron chi connectivity index (χ3n) is 5.98. The Kier molecular flexibility index (Phi) is 5.89. The van der Waals surface area contributed by atoms with Crippen molar-refractivity contribution in [1.29, 1.82) is 0 Å². The van der Waals surface area contributed by atoms with E-state index < -0.39 is 0 Å². The van der Waals surface area contributed by atoms with E-state index in [4.69, 9.17) is 0 Å². The summed E-state index contributed by atoms with van der Waals surface area (Å²) in [6, 6.07) is 8.78. The summed E-state index contributed by atoms with van der Waals surface area (Å²) in [5, 5.41) is 10.9. The van der Waals surface area contributed by atoms with Crippen LogP contribution in [0.1, 0.15) is 26.2 Å². The lowest BCUT2D eigenvalue weighted by atomic mass is 10.1. The number of amides is 1. The molecule has 37 heavy (non-hydrogen) atoms. The molecule has 0 unspecified atom stereocenters. The molecule has 1 amide bonds. The van der Waals surface area contributed by atoms with Gasteiger partial charge in [-0.25, -0.2) is 9.97 Å². The summed E-state index contributed by atoms with van der Waals surface area (Å²) >= 11 is 1.07. The number of fused-ring (bicyclic) bond motifs is 2. The van der Waals surface area contributed by atoms with Crippen LogP contribution >= 0.6 is 11.3 Å². The van der Waals surface area contributed by atoms with Gasteiger partial charge in [0.05, 0.1) is 34.8 Å². The van der Waals surface area contributed by atoms with Crippen molar-refractivity contribution in [2.24, 2.45) is 0 Å². The van der Waals surface area contributed by atoms with Crippen LogP contribution in [0.5, 0.6) is 0 Å². The van der Waals surface area contributed by atoms with Crippen LogP contribution in [0, 0.1) is 5.13 Å². The third-order valence-corrected chi connectivity index (χ3v) is 6.88. The number of hydrogen-bond donors (Lipinski definition) is 3. The molecule has 0 atom stereocenters. The Morgan fingerprint density at radius 3 is 2.89 bits per heavy atom. The fourth-order valence-corrected chi connectivity index (χ4v) is 4.91. The number of nitrogens with zero attached hydrogens (tertiary/aromatic N) is 5. The second kappa shape index (κ2) is 9.51. The molecule has 6 aromatic rings. The van der Waals surface area contributed by atoms with Gasteiger partial charge in [0, 0.05) is 40.2 Å². The quantitative estimate of drug-likeness (QED) is 0.243. The molecule has 6 heterocycles. The Labute approximate surface area is 214 Å². The Morgan fingerprint density at radius 2 is 2.05 bits per heavy atom. The largest absolute Gasteiger partial charge is 0.335 e. The highest BCUT2D eigenvalue weighted by Crippen LogP contribution is 2.34. The molecule has 0 radical (unpaired) electrons. The van der Waals surface area contributed by atoms with Gasteiger partial charge in [-0.15, -0.1) is 11.3 Å². The van der Waals surface area contributed by atoms with E-state index in [1.165, 1.54) is 6.07 Å². The van der Waals surface area contributed by atoms with Crippen LogP contribution in [-0.2, 0) is 4.79 Å². The summed E-state index contributed by atoms with van der Waals surface area (Å²) in [6.45, 7) is 2.05. The smallest absolute Gasteiger partial charge is 0.224 e. The van der Waals surface area contributed by atoms with Crippen molar-refractivity contribution >= 4 is 45.0 Å². The van der Waals surface area contributed by atoms with E-state index in [2.05, 4.69) is 40.4 Å². The lowest BCUT2D eigenvalue weighted by molar-refractivity contribution is -0.116. The SMILES string of the molecule is CCCCC(=O)Nc1cncc(-c2cc3c(-c4nc5nccc(-c6ccc(F)s6)c5[nH]4)n[nH]c3cn2)c1. The third kappa shape index (κ3) is 4.45. The summed E-state index contributed by atoms with van der Waals surface area (Å²) in [6.07, 6.45) is 8.95. The van der Waals surface area contributed by atoms with Crippen LogP contribution in [-0.4, -0.2) is 41.0 Å². The minimum atomic E-state index is -0.253. The Balaban J connectivity index is 1.37. The summed E-state index contributed by atoms with van der Waals surface area (Å²) in [5.74, 6) is 0.495. The summed E-state index contributed by atoms with van der Waals surface area (Å²) < 4.78 is 13.7. The summed E-state index contributed by atoms with van der Waals surface area (Å²) in [4.78, 5) is 34.1. The molecule has 6 aromatic heterocycles. The first kappa shape index (κ1) is 22.9. The predicted molar refractivity (Wildman–Crippen MR) is 141 cm³/mol. The molecule has 11 heteroatoms. The number of pyridine rings is 3. The number of aromatic nitrogens is 7. The van der Waals surface area contributed by atoms with Gasteiger partial charge < -0.3 is 10.3 Å². The van der Waals surface area contributed by atoms with E-state index in [0.29, 0.717) is 40.5 Å². The van der Waals surface area contributed by atoms with Gasteiger partial charge in [0.15, 0.2) is 16.6 Å². The zero-order valence-corrected chi connectivity index (χ0v) is 20.6. The first-order chi connectivity index (χ1) is 18.1. The number of thiophene rings is 1. The molecule has 0 saturated carbocycles. The molecular formula is C26H21FN8OS. The lowest BCUT2D eigenvalue weighted by Crippen LogP contribution is -2.11. The zero-order chi connectivity index (χ0) is 25.4. The normalized spacial score (nSPS) is 11.4. The van der Waals surface area contributed by atoms with Gasteiger partial charge in [-0.3, -0.25) is 19.9 Å². The van der Waals surface area contributed by atoms with E-state index in [1.54, 1.807) is 30.9 Å². The summed E-state index contributed by atoms with van der Waals surface area (Å²) in [5.41, 5.74) is 5.45. The minimum Gasteiger partial charge on any atom is -0.335 e. The van der Waals surface area contributed by atoms with Crippen LogP contribution < -0.4 is 5.32 Å². The van der Waals surface area contributed by atoms with Crippen molar-refractivity contribution in [2.45, 2.75) is 26.2 Å². The first-order valence-electron chi connectivity index (χ1n) is 11.8. The monoisotopic (exact) mass is 512 g/mol. The second-order valence-electron chi connectivity index (χ2n) is 8.55. The molecule has 0 aliphatic heterocycles. The maximum absolute atomic E-state index is 13.7. The highest BCUT2D eigenvalue weighted by molar-refractivity contribution is 7.14. The van der Waals surface area contributed by atoms with E-state index in [1.807, 2.05) is 25.1 Å². The van der Waals surface area contributed by atoms with Crippen molar-refractivity contribution in [3.63, 3.8) is 0 Å². The average Bonchev–Trinajstić information content (AvgIpc) is 3.64. The molecule has 0 aliphatic rings. The number of aromatic amines is 2. The van der Waals surface area contributed by atoms with Crippen molar-refractivity contribution in [2.75, 3.05) is 5.32 Å². The van der Waals surface area contributed by atoms with Gasteiger partial charge in [-0.05, 0) is 36.8 Å². The number of H-pyrrole nitrogens is 2. The van der Waals surface area contributed by atoms with Crippen LogP contribution in [0.25, 0.3) is 55.3 Å². The minimum absolute atomic E-state index is 0.0375. The lowest BCUT2D eigenvalue weighted by Gasteiger charge is -2.07. The Morgan fingerprint density at radius 1 is 1.14 bits per heavy atom. The van der Waals surface area contributed by atoms with Gasteiger partial charge >= 0.3 is 0 Å². The van der Waals surface area contributed by atoms with E-state index >= 15 is 0 Å². The predicted octanol–water partition coefficient (Wildman–Crippen LogP) is 5.95. The van der Waals surface area contributed by atoms with Gasteiger partial charge in [-0.2, -0.15) is 9.49 Å². The Hall–Kier alpha value is -4.51. The molecule has 0 aliphatic carbocycles. The Bertz CT molecular complexity index is 1750. The number of unbranched alkanes of at least 4 members (excludes halogenated alkanes) is 1. The standard InChI is InChI=1S/C26H21FN8OS/c1-2-3-4-22(36)31-15-9-14(11-28-12-15)18-10-17-19(13-30-18)34-35-24(17)26-32-23-16(7-8-29-25(23)33-26)20-5-6-21(27)37-20/h5-13H,2-4H2,1H3,(H,31,36)(H,34,35)(H,29,32,33). The van der Waals surface area contributed by atoms with Crippen LogP contribution in [0.2, 0.25) is 0 Å². The van der Waals surface area contributed by atoms with Crippen molar-refractivity contribution in [3.8, 4) is 33.2 Å². The van der Waals surface area contributed by atoms with Gasteiger partial charge in [0.2, 0.25) is 5.91 Å². The average molecular weight is 513 g/mol. The molecule has 0 saturated heterocycles. The highest BCUT2D eigenvalue weighted by atomic mass is 32.1. The summed E-state index contributed by atoms with van der Waals surface area (Å²) in [7, 11) is 0. The van der Waals surface area contributed by atoms with E-state index in [0.717, 1.165) is 51.1 Å². The van der Waals surface area contributed by atoms with E-state index in [-0.39, 0.29) is 11.0 Å². The molecule has 9 nitrogen and oxygen atoms in total. The van der Waals surface area contributed by atoms with Crippen molar-refractivity contribution < 1.29 is 9.18 Å². The molecular weight excluding hydrogens is 491 g/mol. The molecule has 0 fully saturated rings. The number of hydrogen-bond acceptors (Lipinski definition) is 7. The molecule has 0 bridgehead atoms. The number of halogens is 1. The van der Waals surface area contributed by atoms with Crippen molar-refractivity contribution in [1.82, 2.24) is 35.1 Å². The van der Waals surface area contributed by atoms with Crippen LogP contribution in [0.4, 0.5) is 10.1 Å². The van der Waals surface area contributed by atoms with Crippen LogP contribution in [0.15, 0.2) is 55.1 Å². The van der Waals surface area contributed by atoms with Crippen LogP contribution in [0.3, 0.4) is 0 Å². The molecule has 184 valence electrons. The number of nitrogens with one attached hydrogen (secondary N) is 3. The number of carbonyl (C=O) groups is 1. The van der Waals surface area contributed by atoms with Crippen molar-refractivity contribution in [3.05, 3.63) is 60.3 Å². The first-order valence-corrected chi connectivity index (χ1v) is 12.6. The number of imidazole rings is 1. The topological polar surface area (TPSA) is 125 Å². The van der Waals surface area contributed by atoms with E-state index in [9.17, 15) is 9.18 Å². The maximum atomic E-state index is 13.7. The number of anilines is 1. The van der Waals surface area contributed by atoms with Gasteiger partial charge in [0.25, 0.3) is 0 Å². The fraction of sp³-hybridized carbons (Fsp3) is 0.154. The molecule has 6 rings (SSSR count). The molecule has 0 spiro atoms. The van der Waals surface area contributed by atoms with Gasteiger partial charge in [0.1, 0.15) is 5.69 Å². The number of rotatable bonds is 7. The second-order valence-corrected chi connectivity index (χ2v) is 9.58. The molecule has 3 N–H and O–H groups in total. The maximum Gasteiger partial charge on any atom is 0.224 e. The van der Waals surface area contributed by atoms with Gasteiger partial charge in [-0.1, -0.05) is 13.3 Å². The highest BCUT2D eigenvalue weighted by Gasteiger charge is 2.17. The zero-order valence-electron chi connectivity index (χ0n) is 19.7. The number of carbonyl (C=O) groups excluding carboxylic acids is 1. The fourth-order valence-electron chi connectivity index (χ4n) is 4.15.